The van der Waals surface area contributed by atoms with Gasteiger partial charge in [-0.2, -0.15) is 5.10 Å². The number of aryl methyl sites for hydroxylation is 1. The lowest BCUT2D eigenvalue weighted by atomic mass is 9.95. The summed E-state index contributed by atoms with van der Waals surface area (Å²) in [5.41, 5.74) is 6.53. The number of fused-ring (bicyclic) bond motifs is 1. The van der Waals surface area contributed by atoms with Crippen LogP contribution in [0.2, 0.25) is 0 Å². The van der Waals surface area contributed by atoms with Crippen LogP contribution in [0, 0.1) is 11.7 Å². The summed E-state index contributed by atoms with van der Waals surface area (Å²) in [7, 11) is 0. The molecule has 0 saturated carbocycles. The summed E-state index contributed by atoms with van der Waals surface area (Å²) < 4.78 is 15.5. The van der Waals surface area contributed by atoms with E-state index in [-0.39, 0.29) is 11.9 Å². The number of nitrogens with two attached hydrogens (primary N) is 1. The highest BCUT2D eigenvalue weighted by molar-refractivity contribution is 5.55. The fourth-order valence-corrected chi connectivity index (χ4v) is 2.28. The van der Waals surface area contributed by atoms with Crippen molar-refractivity contribution in [3.63, 3.8) is 0 Å². The van der Waals surface area contributed by atoms with Crippen molar-refractivity contribution in [1.29, 1.82) is 0 Å². The Kier molecular flexibility index (Phi) is 2.63. The molecule has 18 heavy (non-hydrogen) atoms. The summed E-state index contributed by atoms with van der Waals surface area (Å²) in [6.07, 6.45) is 0.980. The quantitative estimate of drug-likeness (QED) is 0.838. The van der Waals surface area contributed by atoms with Crippen LogP contribution in [-0.2, 0) is 6.54 Å². The molecular formula is C13H15FN4. The zero-order valence-corrected chi connectivity index (χ0v) is 10.2. The molecule has 2 unspecified atom stereocenters. The van der Waals surface area contributed by atoms with Crippen LogP contribution in [-0.4, -0.2) is 14.8 Å². The molecule has 0 fully saturated rings. The molecule has 1 aliphatic rings. The first-order valence-electron chi connectivity index (χ1n) is 6.12. The van der Waals surface area contributed by atoms with Gasteiger partial charge in [0.2, 0.25) is 0 Å². The number of halogens is 1. The van der Waals surface area contributed by atoms with Crippen LogP contribution >= 0.6 is 0 Å². The molecule has 94 valence electrons. The van der Waals surface area contributed by atoms with Gasteiger partial charge in [0.15, 0.2) is 5.82 Å². The van der Waals surface area contributed by atoms with Gasteiger partial charge in [-0.3, -0.25) is 0 Å². The summed E-state index contributed by atoms with van der Waals surface area (Å²) >= 11 is 0. The Morgan fingerprint density at radius 3 is 2.94 bits per heavy atom. The van der Waals surface area contributed by atoms with Gasteiger partial charge in [0.05, 0.1) is 11.6 Å². The smallest absolute Gasteiger partial charge is 0.184 e. The predicted octanol–water partition coefficient (Wildman–Crippen LogP) is 2.12. The maximum absolute atomic E-state index is 13.7. The average molecular weight is 246 g/mol. The zero-order valence-electron chi connectivity index (χ0n) is 10.2. The minimum atomic E-state index is -0.304. The molecular weight excluding hydrogens is 231 g/mol. The topological polar surface area (TPSA) is 56.7 Å². The highest BCUT2D eigenvalue weighted by atomic mass is 19.1. The van der Waals surface area contributed by atoms with E-state index in [2.05, 4.69) is 17.0 Å². The van der Waals surface area contributed by atoms with Crippen molar-refractivity contribution in [3.05, 3.63) is 35.9 Å². The van der Waals surface area contributed by atoms with Gasteiger partial charge in [-0.25, -0.2) is 14.1 Å². The molecule has 0 bridgehead atoms. The Hall–Kier alpha value is -1.75. The first kappa shape index (κ1) is 11.3. The van der Waals surface area contributed by atoms with Gasteiger partial charge in [-0.15, -0.1) is 0 Å². The van der Waals surface area contributed by atoms with Crippen molar-refractivity contribution in [2.24, 2.45) is 11.7 Å². The molecule has 2 heterocycles. The Morgan fingerprint density at radius 2 is 2.17 bits per heavy atom. The van der Waals surface area contributed by atoms with Crippen LogP contribution in [0.25, 0.3) is 11.4 Å². The third kappa shape index (κ3) is 1.71. The van der Waals surface area contributed by atoms with E-state index in [4.69, 9.17) is 5.73 Å². The van der Waals surface area contributed by atoms with Crippen LogP contribution in [0.15, 0.2) is 24.3 Å². The first-order valence-corrected chi connectivity index (χ1v) is 6.12. The summed E-state index contributed by atoms with van der Waals surface area (Å²) in [5.74, 6) is 1.26. The van der Waals surface area contributed by atoms with Gasteiger partial charge in [-0.05, 0) is 24.5 Å². The zero-order chi connectivity index (χ0) is 12.7. The normalized spacial score (nSPS) is 22.8. The minimum absolute atomic E-state index is 0.119. The molecule has 3 rings (SSSR count). The second-order valence-corrected chi connectivity index (χ2v) is 4.79. The lowest BCUT2D eigenvalue weighted by Crippen LogP contribution is -2.29. The molecule has 5 heteroatoms. The molecule has 0 amide bonds. The SMILES string of the molecule is CC1CCn2nc(-c3ccccc3F)nc2C1N. The van der Waals surface area contributed by atoms with E-state index in [1.54, 1.807) is 22.9 Å². The van der Waals surface area contributed by atoms with Gasteiger partial charge in [0.1, 0.15) is 11.6 Å². The second-order valence-electron chi connectivity index (χ2n) is 4.79. The van der Waals surface area contributed by atoms with E-state index < -0.39 is 0 Å². The van der Waals surface area contributed by atoms with Crippen LogP contribution in [0.5, 0.6) is 0 Å². The number of nitrogens with zero attached hydrogens (tertiary/aromatic N) is 3. The number of aromatic nitrogens is 3. The lowest BCUT2D eigenvalue weighted by molar-refractivity contribution is 0.323. The highest BCUT2D eigenvalue weighted by Crippen LogP contribution is 2.29. The molecule has 1 aromatic heterocycles. The maximum Gasteiger partial charge on any atom is 0.184 e. The Labute approximate surface area is 105 Å². The molecule has 0 aliphatic carbocycles. The van der Waals surface area contributed by atoms with Crippen LogP contribution in [0.1, 0.15) is 25.2 Å². The Balaban J connectivity index is 2.07. The Morgan fingerprint density at radius 1 is 1.39 bits per heavy atom. The maximum atomic E-state index is 13.7. The van der Waals surface area contributed by atoms with E-state index in [1.807, 2.05) is 0 Å². The van der Waals surface area contributed by atoms with Gasteiger partial charge < -0.3 is 5.73 Å². The molecule has 2 N–H and O–H groups in total. The monoisotopic (exact) mass is 246 g/mol. The second kappa shape index (κ2) is 4.17. The summed E-state index contributed by atoms with van der Waals surface area (Å²) in [6, 6.07) is 6.42. The van der Waals surface area contributed by atoms with Gasteiger partial charge in [0, 0.05) is 6.54 Å². The molecule has 2 aromatic rings. The van der Waals surface area contributed by atoms with Crippen molar-refractivity contribution in [3.8, 4) is 11.4 Å². The minimum Gasteiger partial charge on any atom is -0.321 e. The van der Waals surface area contributed by atoms with Crippen molar-refractivity contribution >= 4 is 0 Å². The number of benzene rings is 1. The van der Waals surface area contributed by atoms with E-state index in [0.29, 0.717) is 17.3 Å². The van der Waals surface area contributed by atoms with E-state index >= 15 is 0 Å². The first-order chi connectivity index (χ1) is 8.66. The molecule has 1 aromatic carbocycles. The summed E-state index contributed by atoms with van der Waals surface area (Å²) in [6.45, 7) is 2.90. The standard InChI is InChI=1S/C13H15FN4/c1-8-6-7-18-13(11(8)15)16-12(17-18)9-4-2-3-5-10(9)14/h2-5,8,11H,6-7,15H2,1H3. The van der Waals surface area contributed by atoms with Crippen molar-refractivity contribution < 1.29 is 4.39 Å². The van der Waals surface area contributed by atoms with Crippen LogP contribution in [0.3, 0.4) is 0 Å². The fourth-order valence-electron chi connectivity index (χ4n) is 2.28. The Bertz CT molecular complexity index is 578. The molecule has 1 aliphatic heterocycles. The third-order valence-corrected chi connectivity index (χ3v) is 3.52. The predicted molar refractivity (Wildman–Crippen MR) is 66.1 cm³/mol. The number of hydrogen-bond donors (Lipinski definition) is 1. The highest BCUT2D eigenvalue weighted by Gasteiger charge is 2.27. The molecule has 4 nitrogen and oxygen atoms in total. The third-order valence-electron chi connectivity index (χ3n) is 3.52. The van der Waals surface area contributed by atoms with Crippen molar-refractivity contribution in [1.82, 2.24) is 14.8 Å². The van der Waals surface area contributed by atoms with Crippen LogP contribution in [0.4, 0.5) is 4.39 Å². The van der Waals surface area contributed by atoms with E-state index in [1.165, 1.54) is 6.07 Å². The van der Waals surface area contributed by atoms with Crippen LogP contribution < -0.4 is 5.73 Å². The number of rotatable bonds is 1. The largest absolute Gasteiger partial charge is 0.321 e. The summed E-state index contributed by atoms with van der Waals surface area (Å²) in [4.78, 5) is 4.40. The molecule has 2 atom stereocenters. The average Bonchev–Trinajstić information content (AvgIpc) is 2.79. The van der Waals surface area contributed by atoms with Crippen molar-refractivity contribution in [2.75, 3.05) is 0 Å². The van der Waals surface area contributed by atoms with Crippen molar-refractivity contribution in [2.45, 2.75) is 25.9 Å². The molecule has 0 saturated heterocycles. The van der Waals surface area contributed by atoms with E-state index in [9.17, 15) is 4.39 Å². The molecule has 0 spiro atoms. The summed E-state index contributed by atoms with van der Waals surface area (Å²) in [5, 5.41) is 4.35. The van der Waals surface area contributed by atoms with E-state index in [0.717, 1.165) is 18.8 Å². The van der Waals surface area contributed by atoms with Gasteiger partial charge in [0.25, 0.3) is 0 Å². The molecule has 0 radical (unpaired) electrons. The van der Waals surface area contributed by atoms with Gasteiger partial charge in [-0.1, -0.05) is 19.1 Å². The van der Waals surface area contributed by atoms with Gasteiger partial charge >= 0.3 is 0 Å². The fraction of sp³-hybridized carbons (Fsp3) is 0.385. The lowest BCUT2D eigenvalue weighted by Gasteiger charge is -2.24. The number of hydrogen-bond acceptors (Lipinski definition) is 3.